The summed E-state index contributed by atoms with van der Waals surface area (Å²) in [6, 6.07) is 22.8. The van der Waals surface area contributed by atoms with Crippen molar-refractivity contribution < 1.29 is 14.3 Å². The van der Waals surface area contributed by atoms with E-state index in [2.05, 4.69) is 67.4 Å². The molecule has 0 aliphatic carbocycles. The highest BCUT2D eigenvalue weighted by Gasteiger charge is 2.14. The predicted octanol–water partition coefficient (Wildman–Crippen LogP) is 5.43. The van der Waals surface area contributed by atoms with Gasteiger partial charge in [-0.2, -0.15) is 0 Å². The number of aryl methyl sites for hydroxylation is 1. The molecule has 196 valence electrons. The van der Waals surface area contributed by atoms with Crippen molar-refractivity contribution in [3.8, 4) is 5.75 Å². The number of hydrogen-bond acceptors (Lipinski definition) is 4. The van der Waals surface area contributed by atoms with Crippen LogP contribution in [0.15, 0.2) is 66.7 Å². The average molecular weight is 501 g/mol. The van der Waals surface area contributed by atoms with Crippen LogP contribution in [-0.4, -0.2) is 50.3 Å². The fourth-order valence-electron chi connectivity index (χ4n) is 4.88. The van der Waals surface area contributed by atoms with Crippen molar-refractivity contribution in [1.82, 2.24) is 10.2 Å². The van der Waals surface area contributed by atoms with Gasteiger partial charge in [0, 0.05) is 38.2 Å². The van der Waals surface area contributed by atoms with Gasteiger partial charge in [-0.15, -0.1) is 0 Å². The van der Waals surface area contributed by atoms with Crippen LogP contribution < -0.4 is 10.1 Å². The Hall–Kier alpha value is -3.15. The number of carbonyl (C=O) groups excluding carboxylic acids is 1. The van der Waals surface area contributed by atoms with Crippen LogP contribution in [0, 0.1) is 12.8 Å². The minimum Gasteiger partial charge on any atom is -0.491 e. The summed E-state index contributed by atoms with van der Waals surface area (Å²) in [5.74, 6) is 1.35. The molecule has 5 nitrogen and oxygen atoms in total. The Morgan fingerprint density at radius 3 is 2.65 bits per heavy atom. The molecule has 1 N–H and O–H groups in total. The molecule has 0 aromatic heterocycles. The molecule has 0 unspecified atom stereocenters. The largest absolute Gasteiger partial charge is 0.491 e. The fourth-order valence-corrected chi connectivity index (χ4v) is 4.88. The van der Waals surface area contributed by atoms with Crippen LogP contribution in [0.3, 0.4) is 0 Å². The second-order valence-corrected chi connectivity index (χ2v) is 10.3. The highest BCUT2D eigenvalue weighted by atomic mass is 16.5. The minimum atomic E-state index is -0.0581. The number of fused-ring (bicyclic) bond motifs is 3. The quantitative estimate of drug-likeness (QED) is 0.491. The van der Waals surface area contributed by atoms with E-state index in [9.17, 15) is 4.79 Å². The first-order valence-electron chi connectivity index (χ1n) is 13.4. The van der Waals surface area contributed by atoms with Gasteiger partial charge in [-0.25, -0.2) is 0 Å². The zero-order valence-corrected chi connectivity index (χ0v) is 22.5. The molecule has 2 bridgehead atoms. The summed E-state index contributed by atoms with van der Waals surface area (Å²) in [5.41, 5.74) is 6.69. The Balaban J connectivity index is 1.50. The van der Waals surface area contributed by atoms with Gasteiger partial charge < -0.3 is 14.8 Å². The highest BCUT2D eigenvalue weighted by Crippen LogP contribution is 2.25. The van der Waals surface area contributed by atoms with Crippen molar-refractivity contribution in [2.75, 3.05) is 39.5 Å². The van der Waals surface area contributed by atoms with E-state index < -0.39 is 0 Å². The van der Waals surface area contributed by atoms with Crippen LogP contribution >= 0.6 is 0 Å². The van der Waals surface area contributed by atoms with Crippen molar-refractivity contribution in [3.63, 3.8) is 0 Å². The van der Waals surface area contributed by atoms with E-state index in [0.29, 0.717) is 44.3 Å². The summed E-state index contributed by atoms with van der Waals surface area (Å²) < 4.78 is 12.0. The van der Waals surface area contributed by atoms with Gasteiger partial charge in [-0.1, -0.05) is 62.4 Å². The predicted molar refractivity (Wildman–Crippen MR) is 149 cm³/mol. The summed E-state index contributed by atoms with van der Waals surface area (Å²) in [6.45, 7) is 11.8. The van der Waals surface area contributed by atoms with Crippen LogP contribution in [0.2, 0.25) is 0 Å². The lowest BCUT2D eigenvalue weighted by atomic mass is 9.99. The maximum absolute atomic E-state index is 13.0. The lowest BCUT2D eigenvalue weighted by Gasteiger charge is -2.25. The molecular weight excluding hydrogens is 460 g/mol. The molecule has 0 saturated carbocycles. The molecule has 37 heavy (non-hydrogen) atoms. The van der Waals surface area contributed by atoms with E-state index >= 15 is 0 Å². The number of nitrogens with one attached hydrogen (secondary N) is 1. The van der Waals surface area contributed by atoms with Crippen molar-refractivity contribution >= 4 is 5.91 Å². The minimum absolute atomic E-state index is 0.0581. The molecule has 0 atom stereocenters. The van der Waals surface area contributed by atoms with Crippen molar-refractivity contribution in [1.29, 1.82) is 0 Å². The van der Waals surface area contributed by atoms with E-state index in [-0.39, 0.29) is 5.91 Å². The van der Waals surface area contributed by atoms with Crippen LogP contribution in [0.5, 0.6) is 5.75 Å². The standard InChI is InChI=1S/C32H40N2O3/c1-24(2)22-34-15-16-36-17-18-37-31-12-11-29(21-30(31)20-26-8-6-9-27(19-26)23-34)32(35)33-14-13-28-10-5-4-7-25(28)3/h4-12,19,21,24H,13-18,20,22-23H2,1-3H3,(H,33,35). The second kappa shape index (κ2) is 13.4. The zero-order valence-electron chi connectivity index (χ0n) is 22.5. The Bertz CT molecular complexity index is 1170. The lowest BCUT2D eigenvalue weighted by molar-refractivity contribution is 0.0746. The van der Waals surface area contributed by atoms with Crippen LogP contribution in [-0.2, 0) is 24.1 Å². The van der Waals surface area contributed by atoms with Gasteiger partial charge >= 0.3 is 0 Å². The molecule has 0 radical (unpaired) electrons. The average Bonchev–Trinajstić information content (AvgIpc) is 2.87. The maximum Gasteiger partial charge on any atom is 0.251 e. The van der Waals surface area contributed by atoms with Gasteiger partial charge in [0.1, 0.15) is 12.4 Å². The fraction of sp³-hybridized carbons (Fsp3) is 0.406. The smallest absolute Gasteiger partial charge is 0.251 e. The molecule has 0 spiro atoms. The SMILES string of the molecule is Cc1ccccc1CCNC(=O)c1ccc2c(c1)Cc1cccc(c1)CN(CC(C)C)CCOCCO2. The second-order valence-electron chi connectivity index (χ2n) is 10.3. The topological polar surface area (TPSA) is 50.8 Å². The van der Waals surface area contributed by atoms with Gasteiger partial charge in [-0.05, 0) is 65.3 Å². The third-order valence-electron chi connectivity index (χ3n) is 6.72. The Kier molecular flexibility index (Phi) is 9.75. The van der Waals surface area contributed by atoms with Crippen molar-refractivity contribution in [2.45, 2.75) is 40.2 Å². The first kappa shape index (κ1) is 26.9. The molecule has 3 aromatic rings. The number of benzene rings is 3. The lowest BCUT2D eigenvalue weighted by Crippen LogP contribution is -2.31. The number of carbonyl (C=O) groups is 1. The van der Waals surface area contributed by atoms with Crippen LogP contribution in [0.4, 0.5) is 0 Å². The molecule has 0 saturated heterocycles. The summed E-state index contributed by atoms with van der Waals surface area (Å²) in [5, 5.41) is 3.09. The van der Waals surface area contributed by atoms with Gasteiger partial charge in [-0.3, -0.25) is 9.69 Å². The van der Waals surface area contributed by atoms with Crippen molar-refractivity contribution in [2.24, 2.45) is 5.92 Å². The van der Waals surface area contributed by atoms with E-state index in [1.54, 1.807) is 0 Å². The van der Waals surface area contributed by atoms with Gasteiger partial charge in [0.05, 0.1) is 13.2 Å². The number of nitrogens with zero attached hydrogens (tertiary/aromatic N) is 1. The number of hydrogen-bond donors (Lipinski definition) is 1. The molecule has 0 fully saturated rings. The Morgan fingerprint density at radius 2 is 1.81 bits per heavy atom. The summed E-state index contributed by atoms with van der Waals surface area (Å²) in [4.78, 5) is 15.5. The van der Waals surface area contributed by atoms with Crippen LogP contribution in [0.1, 0.15) is 52.0 Å². The molecule has 3 aromatic carbocycles. The van der Waals surface area contributed by atoms with Gasteiger partial charge in [0.2, 0.25) is 0 Å². The first-order chi connectivity index (χ1) is 18.0. The molecule has 1 heterocycles. The molecule has 1 amide bonds. The molecule has 1 aliphatic rings. The van der Waals surface area contributed by atoms with E-state index in [4.69, 9.17) is 9.47 Å². The monoisotopic (exact) mass is 500 g/mol. The summed E-state index contributed by atoms with van der Waals surface area (Å²) >= 11 is 0. The number of ether oxygens (including phenoxy) is 2. The zero-order chi connectivity index (χ0) is 26.0. The van der Waals surface area contributed by atoms with E-state index in [0.717, 1.165) is 37.4 Å². The highest BCUT2D eigenvalue weighted by molar-refractivity contribution is 5.94. The van der Waals surface area contributed by atoms with E-state index in [1.165, 1.54) is 22.3 Å². The number of amides is 1. The first-order valence-corrected chi connectivity index (χ1v) is 13.4. The molecule has 5 heteroatoms. The Labute approximate surface area is 221 Å². The van der Waals surface area contributed by atoms with Gasteiger partial charge in [0.25, 0.3) is 5.91 Å². The molecule has 4 rings (SSSR count). The van der Waals surface area contributed by atoms with Gasteiger partial charge in [0.15, 0.2) is 0 Å². The van der Waals surface area contributed by atoms with Crippen LogP contribution in [0.25, 0.3) is 0 Å². The number of rotatable bonds is 6. The summed E-state index contributed by atoms with van der Waals surface area (Å²) in [6.07, 6.45) is 1.52. The Morgan fingerprint density at radius 1 is 0.973 bits per heavy atom. The van der Waals surface area contributed by atoms with Crippen molar-refractivity contribution in [3.05, 3.63) is 100 Å². The third kappa shape index (κ3) is 8.17. The maximum atomic E-state index is 13.0. The summed E-state index contributed by atoms with van der Waals surface area (Å²) in [7, 11) is 0. The van der Waals surface area contributed by atoms with E-state index in [1.807, 2.05) is 30.3 Å². The molecular formula is C32H40N2O3. The molecule has 1 aliphatic heterocycles. The normalized spacial score (nSPS) is 14.9. The third-order valence-corrected chi connectivity index (χ3v) is 6.72.